The lowest BCUT2D eigenvalue weighted by Crippen LogP contribution is -2.36. The molecular formula is C14H21ClN2O2. The molecular weight excluding hydrogens is 264 g/mol. The number of ether oxygens (including phenoxy) is 1. The van der Waals surface area contributed by atoms with E-state index in [2.05, 4.69) is 5.32 Å². The number of hydrogen-bond acceptors (Lipinski definition) is 3. The Morgan fingerprint density at radius 1 is 1.37 bits per heavy atom. The van der Waals surface area contributed by atoms with Crippen molar-refractivity contribution in [2.75, 3.05) is 13.2 Å². The average molecular weight is 285 g/mol. The first-order valence-electron chi connectivity index (χ1n) is 6.47. The Morgan fingerprint density at radius 2 is 2.11 bits per heavy atom. The molecule has 0 saturated carbocycles. The number of nitrogens with two attached hydrogens (primary N) is 1. The molecule has 106 valence electrons. The fourth-order valence-corrected chi connectivity index (χ4v) is 2.25. The molecule has 2 atom stereocenters. The molecule has 1 heterocycles. The molecule has 0 aromatic heterocycles. The van der Waals surface area contributed by atoms with Crippen molar-refractivity contribution in [1.82, 2.24) is 5.32 Å². The van der Waals surface area contributed by atoms with E-state index in [0.717, 1.165) is 18.4 Å². The first-order valence-corrected chi connectivity index (χ1v) is 6.47. The van der Waals surface area contributed by atoms with Gasteiger partial charge in [0, 0.05) is 13.0 Å². The van der Waals surface area contributed by atoms with Crippen LogP contribution in [0.25, 0.3) is 0 Å². The van der Waals surface area contributed by atoms with E-state index in [1.165, 1.54) is 0 Å². The Bertz CT molecular complexity index is 386. The Kier molecular flexibility index (Phi) is 6.84. The zero-order valence-corrected chi connectivity index (χ0v) is 11.7. The van der Waals surface area contributed by atoms with Crippen molar-refractivity contribution in [3.05, 3.63) is 35.9 Å². The number of halogens is 1. The second-order valence-corrected chi connectivity index (χ2v) is 4.56. The maximum Gasteiger partial charge on any atom is 0.220 e. The molecule has 5 heteroatoms. The van der Waals surface area contributed by atoms with Crippen LogP contribution in [0, 0.1) is 0 Å². The van der Waals surface area contributed by atoms with Crippen LogP contribution >= 0.6 is 12.4 Å². The summed E-state index contributed by atoms with van der Waals surface area (Å²) in [6.45, 7) is 1.25. The summed E-state index contributed by atoms with van der Waals surface area (Å²) >= 11 is 0. The lowest BCUT2D eigenvalue weighted by Gasteiger charge is -2.20. The highest BCUT2D eigenvalue weighted by molar-refractivity contribution is 5.85. The summed E-state index contributed by atoms with van der Waals surface area (Å²) in [5.74, 6) is 0.0666. The molecule has 3 N–H and O–H groups in total. The summed E-state index contributed by atoms with van der Waals surface area (Å²) in [6.07, 6.45) is 2.07. The molecule has 1 aromatic carbocycles. The highest BCUT2D eigenvalue weighted by Gasteiger charge is 2.30. The Labute approximate surface area is 120 Å². The molecule has 2 unspecified atom stereocenters. The topological polar surface area (TPSA) is 64.4 Å². The van der Waals surface area contributed by atoms with E-state index >= 15 is 0 Å². The molecule has 19 heavy (non-hydrogen) atoms. The third kappa shape index (κ3) is 4.49. The normalized spacial score (nSPS) is 21.7. The van der Waals surface area contributed by atoms with Gasteiger partial charge in [-0.25, -0.2) is 0 Å². The fraction of sp³-hybridized carbons (Fsp3) is 0.500. The van der Waals surface area contributed by atoms with Gasteiger partial charge < -0.3 is 15.8 Å². The van der Waals surface area contributed by atoms with Gasteiger partial charge >= 0.3 is 0 Å². The van der Waals surface area contributed by atoms with Crippen molar-refractivity contribution in [3.8, 4) is 0 Å². The zero-order chi connectivity index (χ0) is 12.8. The molecule has 1 saturated heterocycles. The van der Waals surface area contributed by atoms with E-state index in [0.29, 0.717) is 19.6 Å². The highest BCUT2D eigenvalue weighted by atomic mass is 35.5. The van der Waals surface area contributed by atoms with Crippen molar-refractivity contribution in [1.29, 1.82) is 0 Å². The first-order chi connectivity index (χ1) is 8.81. The smallest absolute Gasteiger partial charge is 0.220 e. The number of amides is 1. The lowest BCUT2D eigenvalue weighted by molar-refractivity contribution is -0.122. The van der Waals surface area contributed by atoms with Gasteiger partial charge in [-0.15, -0.1) is 12.4 Å². The summed E-state index contributed by atoms with van der Waals surface area (Å²) in [4.78, 5) is 11.7. The molecule has 0 radical (unpaired) electrons. The van der Waals surface area contributed by atoms with Crippen LogP contribution in [0.1, 0.15) is 30.9 Å². The maximum absolute atomic E-state index is 11.7. The fourth-order valence-electron chi connectivity index (χ4n) is 2.25. The second-order valence-electron chi connectivity index (χ2n) is 4.56. The van der Waals surface area contributed by atoms with Crippen LogP contribution in [0.15, 0.2) is 30.3 Å². The third-order valence-corrected chi connectivity index (χ3v) is 3.17. The van der Waals surface area contributed by atoms with Gasteiger partial charge in [0.2, 0.25) is 5.91 Å². The lowest BCUT2D eigenvalue weighted by atomic mass is 10.0. The highest BCUT2D eigenvalue weighted by Crippen LogP contribution is 2.28. The van der Waals surface area contributed by atoms with Crippen molar-refractivity contribution in [2.45, 2.75) is 31.4 Å². The second kappa shape index (κ2) is 8.15. The van der Waals surface area contributed by atoms with Crippen LogP contribution in [0.4, 0.5) is 0 Å². The van der Waals surface area contributed by atoms with E-state index in [1.54, 1.807) is 0 Å². The van der Waals surface area contributed by atoms with Crippen LogP contribution in [-0.4, -0.2) is 25.1 Å². The van der Waals surface area contributed by atoms with Crippen LogP contribution in [0.5, 0.6) is 0 Å². The monoisotopic (exact) mass is 284 g/mol. The number of hydrogen-bond donors (Lipinski definition) is 2. The summed E-state index contributed by atoms with van der Waals surface area (Å²) in [7, 11) is 0. The molecule has 1 aromatic rings. The average Bonchev–Trinajstić information content (AvgIpc) is 2.85. The minimum Gasteiger partial charge on any atom is -0.371 e. The van der Waals surface area contributed by atoms with Gasteiger partial charge in [-0.3, -0.25) is 4.79 Å². The standard InChI is InChI=1S/C14H20N2O2.ClH/c15-9-4-7-13(17)16-12-8-10-18-14(12)11-5-2-1-3-6-11;/h1-3,5-6,12,14H,4,7-10,15H2,(H,16,17);1H. The number of rotatable bonds is 5. The number of nitrogens with one attached hydrogen (secondary N) is 1. The Morgan fingerprint density at radius 3 is 2.79 bits per heavy atom. The number of carbonyl (C=O) groups excluding carboxylic acids is 1. The zero-order valence-electron chi connectivity index (χ0n) is 10.9. The van der Waals surface area contributed by atoms with Crippen molar-refractivity contribution in [2.24, 2.45) is 5.73 Å². The minimum absolute atomic E-state index is 0. The molecule has 0 spiro atoms. The largest absolute Gasteiger partial charge is 0.371 e. The summed E-state index contributed by atoms with van der Waals surface area (Å²) in [5.41, 5.74) is 6.52. The van der Waals surface area contributed by atoms with E-state index < -0.39 is 0 Å². The van der Waals surface area contributed by atoms with Crippen molar-refractivity contribution in [3.63, 3.8) is 0 Å². The van der Waals surface area contributed by atoms with E-state index in [9.17, 15) is 4.79 Å². The quantitative estimate of drug-likeness (QED) is 0.866. The van der Waals surface area contributed by atoms with Gasteiger partial charge in [0.15, 0.2) is 0 Å². The first kappa shape index (κ1) is 16.0. The Hall–Kier alpha value is -1.10. The predicted molar refractivity (Wildman–Crippen MR) is 77.2 cm³/mol. The SMILES string of the molecule is Cl.NCCCC(=O)NC1CCOC1c1ccccc1. The third-order valence-electron chi connectivity index (χ3n) is 3.17. The summed E-state index contributed by atoms with van der Waals surface area (Å²) in [6, 6.07) is 10.1. The van der Waals surface area contributed by atoms with E-state index in [-0.39, 0.29) is 30.5 Å². The Balaban J connectivity index is 0.00000180. The van der Waals surface area contributed by atoms with E-state index in [4.69, 9.17) is 10.5 Å². The molecule has 0 aliphatic carbocycles. The minimum atomic E-state index is -0.0203. The van der Waals surface area contributed by atoms with Gasteiger partial charge in [-0.2, -0.15) is 0 Å². The van der Waals surface area contributed by atoms with Gasteiger partial charge in [0.1, 0.15) is 6.10 Å². The molecule has 1 amide bonds. The number of carbonyl (C=O) groups is 1. The predicted octanol–water partition coefficient (Wildman–Crippen LogP) is 1.79. The molecule has 1 fully saturated rings. The van der Waals surface area contributed by atoms with Gasteiger partial charge in [-0.05, 0) is 24.9 Å². The van der Waals surface area contributed by atoms with Crippen molar-refractivity contribution >= 4 is 18.3 Å². The molecule has 4 nitrogen and oxygen atoms in total. The molecule has 0 bridgehead atoms. The van der Waals surface area contributed by atoms with Crippen LogP contribution < -0.4 is 11.1 Å². The van der Waals surface area contributed by atoms with Gasteiger partial charge in [-0.1, -0.05) is 30.3 Å². The van der Waals surface area contributed by atoms with Crippen molar-refractivity contribution < 1.29 is 9.53 Å². The molecule has 1 aliphatic rings. The van der Waals surface area contributed by atoms with Gasteiger partial charge in [0.05, 0.1) is 6.04 Å². The summed E-state index contributed by atoms with van der Waals surface area (Å²) < 4.78 is 5.72. The van der Waals surface area contributed by atoms with Gasteiger partial charge in [0.25, 0.3) is 0 Å². The van der Waals surface area contributed by atoms with Crippen LogP contribution in [-0.2, 0) is 9.53 Å². The number of benzene rings is 1. The maximum atomic E-state index is 11.7. The van der Waals surface area contributed by atoms with Crippen LogP contribution in [0.3, 0.4) is 0 Å². The van der Waals surface area contributed by atoms with Crippen LogP contribution in [0.2, 0.25) is 0 Å². The summed E-state index contributed by atoms with van der Waals surface area (Å²) in [5, 5.41) is 3.04. The molecule has 1 aliphatic heterocycles. The molecule has 2 rings (SSSR count). The van der Waals surface area contributed by atoms with E-state index in [1.807, 2.05) is 30.3 Å².